The van der Waals surface area contributed by atoms with Crippen LogP contribution < -0.4 is 18.9 Å². The van der Waals surface area contributed by atoms with Crippen LogP contribution in [0.4, 0.5) is 4.39 Å². The van der Waals surface area contributed by atoms with Gasteiger partial charge in [-0.3, -0.25) is 4.90 Å². The lowest BCUT2D eigenvalue weighted by molar-refractivity contribution is -0.145. The molecule has 0 amide bonds. The average Bonchev–Trinajstić information content (AvgIpc) is 3.95. The Bertz CT molecular complexity index is 2600. The van der Waals surface area contributed by atoms with Crippen LogP contribution in [-0.4, -0.2) is 106 Å². The van der Waals surface area contributed by atoms with E-state index in [0.29, 0.717) is 68.3 Å². The van der Waals surface area contributed by atoms with Crippen LogP contribution in [0, 0.1) is 19.7 Å². The predicted octanol–water partition coefficient (Wildman–Crippen LogP) is 8.12. The second-order valence-corrected chi connectivity index (χ2v) is 17.3. The van der Waals surface area contributed by atoms with E-state index in [0.717, 1.165) is 66.2 Å². The van der Waals surface area contributed by atoms with Crippen molar-refractivity contribution in [3.05, 3.63) is 106 Å². The molecule has 3 aromatic carbocycles. The first kappa shape index (κ1) is 41.9. The van der Waals surface area contributed by atoms with Crippen molar-refractivity contribution in [2.75, 3.05) is 53.0 Å². The Hall–Kier alpha value is -5.45. The van der Waals surface area contributed by atoms with Crippen LogP contribution in [0.3, 0.4) is 0 Å². The summed E-state index contributed by atoms with van der Waals surface area (Å²) in [7, 11) is 2.12. The molecule has 3 atom stereocenters. The molecule has 322 valence electrons. The van der Waals surface area contributed by atoms with Crippen LogP contribution >= 0.6 is 22.9 Å². The molecule has 3 aromatic heterocycles. The molecule has 0 saturated carbocycles. The van der Waals surface area contributed by atoms with E-state index in [9.17, 15) is 14.3 Å². The average molecular weight is 881 g/mol. The number of aromatic nitrogens is 4. The molecule has 0 spiro atoms. The van der Waals surface area contributed by atoms with Crippen LogP contribution in [0.15, 0.2) is 67.1 Å². The summed E-state index contributed by atoms with van der Waals surface area (Å²) in [6.07, 6.45) is 2.73. The maximum atomic E-state index is 14.3. The van der Waals surface area contributed by atoms with Gasteiger partial charge >= 0.3 is 5.97 Å². The smallest absolute Gasteiger partial charge is 0.345 e. The summed E-state index contributed by atoms with van der Waals surface area (Å²) >= 11 is 8.61. The van der Waals surface area contributed by atoms with E-state index < -0.39 is 18.2 Å². The van der Waals surface area contributed by atoms with E-state index in [-0.39, 0.29) is 37.4 Å². The summed E-state index contributed by atoms with van der Waals surface area (Å²) in [6.45, 7) is 8.97. The number of carboxylic acid groups (broad SMARTS) is 1. The fraction of sp³-hybridized carbons (Fsp3) is 0.370. The fourth-order valence-electron chi connectivity index (χ4n) is 8.13. The van der Waals surface area contributed by atoms with Crippen molar-refractivity contribution in [1.82, 2.24) is 29.7 Å². The number of halogens is 2. The van der Waals surface area contributed by atoms with Crippen molar-refractivity contribution in [3.63, 3.8) is 0 Å². The van der Waals surface area contributed by atoms with Gasteiger partial charge in [0.2, 0.25) is 12.0 Å². The van der Waals surface area contributed by atoms with Crippen molar-refractivity contribution in [2.24, 2.45) is 0 Å². The lowest BCUT2D eigenvalue weighted by atomic mass is 9.96. The van der Waals surface area contributed by atoms with Gasteiger partial charge in [-0.25, -0.2) is 29.1 Å². The molecule has 7 heterocycles. The number of nitrogens with zero attached hydrogens (tertiary/aromatic N) is 6. The Kier molecular flexibility index (Phi) is 12.2. The molecule has 62 heavy (non-hydrogen) atoms. The third kappa shape index (κ3) is 8.90. The topological polar surface area (TPSA) is 141 Å². The molecule has 2 saturated heterocycles. The van der Waals surface area contributed by atoms with E-state index in [1.54, 1.807) is 24.4 Å². The van der Waals surface area contributed by atoms with E-state index in [1.807, 2.05) is 38.1 Å². The van der Waals surface area contributed by atoms with Crippen molar-refractivity contribution in [3.8, 4) is 44.7 Å². The van der Waals surface area contributed by atoms with Gasteiger partial charge in [0.25, 0.3) is 0 Å². The Morgan fingerprint density at radius 3 is 2.61 bits per heavy atom. The summed E-state index contributed by atoms with van der Waals surface area (Å²) in [6, 6.07) is 15.4. The number of fused-ring (bicyclic) bond motifs is 7. The van der Waals surface area contributed by atoms with E-state index >= 15 is 0 Å². The first-order valence-electron chi connectivity index (χ1n) is 20.7. The normalized spacial score (nSPS) is 19.7. The molecule has 0 aliphatic carbocycles. The second kappa shape index (κ2) is 18.1. The van der Waals surface area contributed by atoms with Gasteiger partial charge in [-0.2, -0.15) is 0 Å². The van der Waals surface area contributed by atoms with Crippen molar-refractivity contribution < 1.29 is 38.0 Å². The zero-order valence-electron chi connectivity index (χ0n) is 34.6. The van der Waals surface area contributed by atoms with Gasteiger partial charge in [0, 0.05) is 68.0 Å². The molecular weight excluding hydrogens is 835 g/mol. The SMILES string of the molecule is Cc1cc(OCc2ccnc([C@H]3CCCO3)n2)c2cc1OC[C@@H](CN1CCN(C)CC1)Oc1ccc(c(C)c1Cl)-c1c(-c3ccc(F)cc3)sc3ncnc(c13)O[C@@H](C(=O)O)C2. The van der Waals surface area contributed by atoms with Gasteiger partial charge in [0.1, 0.15) is 59.6 Å². The number of thiophene rings is 1. The summed E-state index contributed by atoms with van der Waals surface area (Å²) in [5, 5.41) is 11.7. The number of benzene rings is 3. The quantitative estimate of drug-likeness (QED) is 0.158. The summed E-state index contributed by atoms with van der Waals surface area (Å²) in [5.74, 6) is 0.590. The zero-order valence-corrected chi connectivity index (χ0v) is 36.2. The van der Waals surface area contributed by atoms with E-state index in [1.165, 1.54) is 29.8 Å². The third-order valence-corrected chi connectivity index (χ3v) is 13.2. The number of piperazine rings is 1. The Balaban J connectivity index is 1.15. The van der Waals surface area contributed by atoms with Crippen LogP contribution in [0.25, 0.3) is 31.8 Å². The van der Waals surface area contributed by atoms with Crippen molar-refractivity contribution in [2.45, 2.75) is 58.0 Å². The molecule has 1 N–H and O–H groups in total. The number of hydrogen-bond acceptors (Lipinski definition) is 13. The second-order valence-electron chi connectivity index (χ2n) is 15.9. The van der Waals surface area contributed by atoms with Gasteiger partial charge in [-0.15, -0.1) is 11.3 Å². The largest absolute Gasteiger partial charge is 0.489 e. The number of rotatable bonds is 8. The first-order chi connectivity index (χ1) is 30.1. The summed E-state index contributed by atoms with van der Waals surface area (Å²) in [4.78, 5) is 37.5. The highest BCUT2D eigenvalue weighted by Crippen LogP contribution is 2.50. The molecule has 0 unspecified atom stereocenters. The van der Waals surface area contributed by atoms with Gasteiger partial charge < -0.3 is 33.7 Å². The molecule has 2 fully saturated rings. The van der Waals surface area contributed by atoms with Crippen LogP contribution in [-0.2, 0) is 22.6 Å². The summed E-state index contributed by atoms with van der Waals surface area (Å²) in [5.41, 5.74) is 4.84. The minimum atomic E-state index is -1.42. The maximum Gasteiger partial charge on any atom is 0.345 e. The lowest BCUT2D eigenvalue weighted by Crippen LogP contribution is -2.49. The predicted molar refractivity (Wildman–Crippen MR) is 233 cm³/mol. The van der Waals surface area contributed by atoms with Crippen LogP contribution in [0.1, 0.15) is 47.2 Å². The zero-order chi connectivity index (χ0) is 42.9. The van der Waals surface area contributed by atoms with E-state index in [2.05, 4.69) is 31.8 Å². The molecule has 13 nitrogen and oxygen atoms in total. The molecule has 10 rings (SSSR count). The van der Waals surface area contributed by atoms with Crippen LogP contribution in [0.5, 0.6) is 23.1 Å². The third-order valence-electron chi connectivity index (χ3n) is 11.6. The van der Waals surface area contributed by atoms with Gasteiger partial charge in [0.15, 0.2) is 5.82 Å². The number of hydrogen-bond donors (Lipinski definition) is 1. The number of likely N-dealkylation sites (N-methyl/N-ethyl adjacent to an activating group) is 1. The van der Waals surface area contributed by atoms with Gasteiger partial charge in [0.05, 0.1) is 16.1 Å². The van der Waals surface area contributed by atoms with Crippen LogP contribution in [0.2, 0.25) is 5.02 Å². The molecule has 4 aliphatic rings. The van der Waals surface area contributed by atoms with E-state index in [4.69, 9.17) is 40.3 Å². The summed E-state index contributed by atoms with van der Waals surface area (Å²) < 4.78 is 46.4. The van der Waals surface area contributed by atoms with Gasteiger partial charge in [-0.1, -0.05) is 29.8 Å². The van der Waals surface area contributed by atoms with Gasteiger partial charge in [-0.05, 0) is 92.4 Å². The highest BCUT2D eigenvalue weighted by molar-refractivity contribution is 7.22. The number of carboxylic acids is 1. The minimum absolute atomic E-state index is 0.0723. The first-order valence-corrected chi connectivity index (χ1v) is 21.9. The molecule has 4 bridgehead atoms. The highest BCUT2D eigenvalue weighted by Gasteiger charge is 2.30. The molecular formula is C46H46ClFN6O7S. The number of ether oxygens (including phenoxy) is 5. The standard InChI is InChI=1S/C46H46ClFN6O7S/c1-26-19-37(58-23-31-12-13-49-43(52-31)35-5-4-18-57-35)29-20-36(26)59-24-32(22-54-16-14-53(3)15-17-54)60-34-11-10-33(27(2)41(34)47)39-40-44(61-38(21-29)46(55)56)50-25-51-45(40)62-42(39)28-6-8-30(48)9-7-28/h6-13,19-20,25,32,35,38H,4-5,14-18,21-24H2,1-3H3,(H,55,56)/t32-,35-,38-/m1/s1. The van der Waals surface area contributed by atoms with Crippen molar-refractivity contribution >= 4 is 39.1 Å². The fourth-order valence-corrected chi connectivity index (χ4v) is 9.49. The van der Waals surface area contributed by atoms with Crippen molar-refractivity contribution in [1.29, 1.82) is 0 Å². The number of carbonyl (C=O) groups is 1. The Morgan fingerprint density at radius 1 is 1.02 bits per heavy atom. The maximum absolute atomic E-state index is 14.3. The minimum Gasteiger partial charge on any atom is -0.489 e. The lowest BCUT2D eigenvalue weighted by Gasteiger charge is -2.34. The Morgan fingerprint density at radius 2 is 1.84 bits per heavy atom. The molecule has 16 heteroatoms. The molecule has 6 aromatic rings. The molecule has 4 aliphatic heterocycles. The Labute approximate surface area is 367 Å². The number of aryl methyl sites for hydroxylation is 1. The number of aliphatic carboxylic acids is 1. The highest BCUT2D eigenvalue weighted by atomic mass is 35.5. The molecule has 0 radical (unpaired) electrons. The monoisotopic (exact) mass is 880 g/mol.